The van der Waals surface area contributed by atoms with Gasteiger partial charge in [0.05, 0.1) is 18.3 Å². The zero-order chi connectivity index (χ0) is 14.6. The van der Waals surface area contributed by atoms with E-state index in [9.17, 15) is 5.11 Å². The fraction of sp³-hybridized carbons (Fsp3) is 1.00. The molecule has 0 aliphatic carbocycles. The third-order valence-electron chi connectivity index (χ3n) is 3.51. The van der Waals surface area contributed by atoms with Crippen molar-refractivity contribution < 1.29 is 9.84 Å². The fourth-order valence-corrected chi connectivity index (χ4v) is 2.21. The van der Waals surface area contributed by atoms with Crippen LogP contribution in [0.1, 0.15) is 68.2 Å². The molecule has 2 heteroatoms. The molecule has 0 aromatic heterocycles. The number of hydrogen-bond acceptors (Lipinski definition) is 2. The number of aliphatic hydroxyl groups excluding tert-OH is 1. The van der Waals surface area contributed by atoms with Crippen molar-refractivity contribution in [2.75, 3.05) is 6.61 Å². The van der Waals surface area contributed by atoms with Crippen LogP contribution in [0.25, 0.3) is 0 Å². The minimum absolute atomic E-state index is 0.149. The van der Waals surface area contributed by atoms with E-state index in [-0.39, 0.29) is 17.1 Å². The van der Waals surface area contributed by atoms with E-state index < -0.39 is 0 Å². The third-order valence-corrected chi connectivity index (χ3v) is 3.51. The molecule has 0 aromatic carbocycles. The maximum atomic E-state index is 9.99. The van der Waals surface area contributed by atoms with E-state index in [1.807, 2.05) is 0 Å². The van der Waals surface area contributed by atoms with Gasteiger partial charge >= 0.3 is 0 Å². The van der Waals surface area contributed by atoms with Gasteiger partial charge in [-0.05, 0) is 43.9 Å². The summed E-state index contributed by atoms with van der Waals surface area (Å²) in [4.78, 5) is 0. The van der Waals surface area contributed by atoms with E-state index in [4.69, 9.17) is 4.74 Å². The molecule has 2 nitrogen and oxygen atoms in total. The monoisotopic (exact) mass is 258 g/mol. The molecule has 0 rings (SSSR count). The van der Waals surface area contributed by atoms with E-state index in [1.54, 1.807) is 0 Å². The average Bonchev–Trinajstić information content (AvgIpc) is 2.11. The predicted octanol–water partition coefficient (Wildman–Crippen LogP) is 4.26. The van der Waals surface area contributed by atoms with Gasteiger partial charge in [0, 0.05) is 0 Å². The maximum Gasteiger partial charge on any atom is 0.0779 e. The summed E-state index contributed by atoms with van der Waals surface area (Å²) in [5, 5.41) is 9.99. The molecule has 0 aliphatic rings. The zero-order valence-corrected chi connectivity index (χ0v) is 13.7. The van der Waals surface area contributed by atoms with Crippen molar-refractivity contribution in [2.45, 2.75) is 79.9 Å². The highest BCUT2D eigenvalue weighted by Gasteiger charge is 2.28. The molecular formula is C16H34O2. The largest absolute Gasteiger partial charge is 0.391 e. The zero-order valence-electron chi connectivity index (χ0n) is 13.7. The Bertz CT molecular complexity index is 226. The Morgan fingerprint density at radius 3 is 1.89 bits per heavy atom. The first-order valence-electron chi connectivity index (χ1n) is 7.26. The van der Waals surface area contributed by atoms with Gasteiger partial charge in [-0.2, -0.15) is 0 Å². The molecule has 110 valence electrons. The molecule has 0 spiro atoms. The Labute approximate surface area is 114 Å². The summed E-state index contributed by atoms with van der Waals surface area (Å²) < 4.78 is 5.95. The van der Waals surface area contributed by atoms with Crippen LogP contribution in [0.4, 0.5) is 0 Å². The van der Waals surface area contributed by atoms with Crippen molar-refractivity contribution in [3.05, 3.63) is 0 Å². The predicted molar refractivity (Wildman–Crippen MR) is 78.7 cm³/mol. The van der Waals surface area contributed by atoms with E-state index in [0.29, 0.717) is 18.4 Å². The molecule has 18 heavy (non-hydrogen) atoms. The van der Waals surface area contributed by atoms with Crippen molar-refractivity contribution in [1.82, 2.24) is 0 Å². The van der Waals surface area contributed by atoms with Gasteiger partial charge in [-0.3, -0.25) is 0 Å². The molecule has 2 atom stereocenters. The summed E-state index contributed by atoms with van der Waals surface area (Å²) in [6, 6.07) is 0. The van der Waals surface area contributed by atoms with Gasteiger partial charge in [0.15, 0.2) is 0 Å². The third kappa shape index (κ3) is 8.10. The summed E-state index contributed by atoms with van der Waals surface area (Å²) in [6.07, 6.45) is 1.57. The first-order valence-corrected chi connectivity index (χ1v) is 7.26. The van der Waals surface area contributed by atoms with Crippen molar-refractivity contribution in [2.24, 2.45) is 17.3 Å². The van der Waals surface area contributed by atoms with Crippen LogP contribution in [-0.4, -0.2) is 23.4 Å². The van der Waals surface area contributed by atoms with Gasteiger partial charge in [-0.25, -0.2) is 0 Å². The topological polar surface area (TPSA) is 29.5 Å². The lowest BCUT2D eigenvalue weighted by Crippen LogP contribution is -2.37. The van der Waals surface area contributed by atoms with E-state index in [0.717, 1.165) is 12.8 Å². The Balaban J connectivity index is 4.17. The minimum atomic E-state index is -0.365. The lowest BCUT2D eigenvalue weighted by atomic mass is 9.85. The normalized spacial score (nSPS) is 17.0. The van der Waals surface area contributed by atoms with Crippen LogP contribution in [0.15, 0.2) is 0 Å². The SMILES string of the molecule is CC(C)CC(C)C(C)(C)OCC(O)CC(C)(C)C. The molecule has 2 unspecified atom stereocenters. The van der Waals surface area contributed by atoms with Gasteiger partial charge < -0.3 is 9.84 Å². The van der Waals surface area contributed by atoms with Crippen molar-refractivity contribution in [3.8, 4) is 0 Å². The van der Waals surface area contributed by atoms with Gasteiger partial charge in [0.25, 0.3) is 0 Å². The van der Waals surface area contributed by atoms with Crippen LogP contribution in [-0.2, 0) is 4.74 Å². The highest BCUT2D eigenvalue weighted by atomic mass is 16.5. The molecule has 0 aromatic rings. The Morgan fingerprint density at radius 2 is 1.50 bits per heavy atom. The minimum Gasteiger partial charge on any atom is -0.391 e. The first-order chi connectivity index (χ1) is 7.94. The van der Waals surface area contributed by atoms with Crippen LogP contribution in [0.2, 0.25) is 0 Å². The summed E-state index contributed by atoms with van der Waals surface area (Å²) in [6.45, 7) is 17.8. The van der Waals surface area contributed by atoms with Crippen LogP contribution in [0.3, 0.4) is 0 Å². The molecular weight excluding hydrogens is 224 g/mol. The van der Waals surface area contributed by atoms with Crippen molar-refractivity contribution >= 4 is 0 Å². The first kappa shape index (κ1) is 17.9. The molecule has 0 radical (unpaired) electrons. The van der Waals surface area contributed by atoms with Gasteiger partial charge in [-0.15, -0.1) is 0 Å². The standard InChI is InChI=1S/C16H34O2/c1-12(2)9-13(3)16(7,8)18-11-14(17)10-15(4,5)6/h12-14,17H,9-11H2,1-8H3. The Kier molecular flexibility index (Phi) is 6.87. The summed E-state index contributed by atoms with van der Waals surface area (Å²) in [7, 11) is 0. The lowest BCUT2D eigenvalue weighted by Gasteiger charge is -2.34. The Hall–Kier alpha value is -0.0800. The number of hydrogen-bond donors (Lipinski definition) is 1. The van der Waals surface area contributed by atoms with Crippen molar-refractivity contribution in [3.63, 3.8) is 0 Å². The maximum absolute atomic E-state index is 9.99. The molecule has 0 fully saturated rings. The second kappa shape index (κ2) is 6.91. The molecule has 0 saturated heterocycles. The second-order valence-corrected chi connectivity index (χ2v) is 7.86. The van der Waals surface area contributed by atoms with Crippen LogP contribution in [0, 0.1) is 17.3 Å². The summed E-state index contributed by atoms with van der Waals surface area (Å²) in [5.74, 6) is 1.18. The molecule has 0 saturated carbocycles. The molecule has 0 aliphatic heterocycles. The summed E-state index contributed by atoms with van der Waals surface area (Å²) in [5.41, 5.74) is -0.0143. The number of rotatable bonds is 7. The highest BCUT2D eigenvalue weighted by Crippen LogP contribution is 2.28. The van der Waals surface area contributed by atoms with E-state index >= 15 is 0 Å². The number of aliphatic hydroxyl groups is 1. The quantitative estimate of drug-likeness (QED) is 0.739. The van der Waals surface area contributed by atoms with E-state index in [2.05, 4.69) is 55.4 Å². The van der Waals surface area contributed by atoms with Crippen LogP contribution < -0.4 is 0 Å². The molecule has 0 bridgehead atoms. The highest BCUT2D eigenvalue weighted by molar-refractivity contribution is 4.78. The van der Waals surface area contributed by atoms with Crippen LogP contribution >= 0.6 is 0 Å². The van der Waals surface area contributed by atoms with Gasteiger partial charge in [0.1, 0.15) is 0 Å². The van der Waals surface area contributed by atoms with Crippen LogP contribution in [0.5, 0.6) is 0 Å². The van der Waals surface area contributed by atoms with Crippen molar-refractivity contribution in [1.29, 1.82) is 0 Å². The molecule has 0 heterocycles. The molecule has 0 amide bonds. The lowest BCUT2D eigenvalue weighted by molar-refractivity contribution is -0.0961. The second-order valence-electron chi connectivity index (χ2n) is 7.86. The molecule has 1 N–H and O–H groups in total. The Morgan fingerprint density at radius 1 is 1.00 bits per heavy atom. The smallest absolute Gasteiger partial charge is 0.0779 e. The fourth-order valence-electron chi connectivity index (χ4n) is 2.21. The van der Waals surface area contributed by atoms with Gasteiger partial charge in [0.2, 0.25) is 0 Å². The van der Waals surface area contributed by atoms with Gasteiger partial charge in [-0.1, -0.05) is 41.5 Å². The average molecular weight is 258 g/mol. The number of ether oxygens (including phenoxy) is 1. The van der Waals surface area contributed by atoms with E-state index in [1.165, 1.54) is 0 Å². The summed E-state index contributed by atoms with van der Waals surface area (Å²) >= 11 is 0.